The zero-order valence-electron chi connectivity index (χ0n) is 15.0. The van der Waals surface area contributed by atoms with Crippen LogP contribution in [0, 0.1) is 0 Å². The number of carbonyl (C=O) groups is 1. The minimum atomic E-state index is -3.46. The van der Waals surface area contributed by atoms with Gasteiger partial charge in [-0.05, 0) is 36.5 Å². The molecule has 0 N–H and O–H groups in total. The van der Waals surface area contributed by atoms with Crippen molar-refractivity contribution in [2.45, 2.75) is 19.3 Å². The molecular weight excluding hydrogens is 348 g/mol. The lowest BCUT2D eigenvalue weighted by Gasteiger charge is -2.31. The standard InChI is InChI=1S/C20H24N2O3S/c1-26(24,25)21(15-13-17-8-3-2-4-9-17)16-20(23)22-14-7-11-18-10-5-6-12-19(18)22/h2-6,8-10,12H,7,11,13-16H2,1H3. The number of fused-ring (bicyclic) bond motifs is 1. The first-order valence-electron chi connectivity index (χ1n) is 8.82. The number of aryl methyl sites for hydroxylation is 1. The van der Waals surface area contributed by atoms with Crippen molar-refractivity contribution in [2.24, 2.45) is 0 Å². The maximum atomic E-state index is 12.8. The van der Waals surface area contributed by atoms with Gasteiger partial charge in [0.05, 0.1) is 12.8 Å². The molecule has 0 saturated carbocycles. The van der Waals surface area contributed by atoms with Crippen molar-refractivity contribution in [1.82, 2.24) is 4.31 Å². The summed E-state index contributed by atoms with van der Waals surface area (Å²) in [5.74, 6) is -0.171. The molecule has 0 aliphatic carbocycles. The van der Waals surface area contributed by atoms with Gasteiger partial charge in [-0.1, -0.05) is 48.5 Å². The van der Waals surface area contributed by atoms with Crippen LogP contribution in [0.2, 0.25) is 0 Å². The summed E-state index contributed by atoms with van der Waals surface area (Å²) in [5, 5.41) is 0. The Morgan fingerprint density at radius 1 is 1.08 bits per heavy atom. The fourth-order valence-electron chi connectivity index (χ4n) is 3.29. The largest absolute Gasteiger partial charge is 0.311 e. The first-order chi connectivity index (χ1) is 12.4. The zero-order valence-corrected chi connectivity index (χ0v) is 15.8. The number of rotatable bonds is 6. The van der Waals surface area contributed by atoms with Crippen LogP contribution in [0.25, 0.3) is 0 Å². The van der Waals surface area contributed by atoms with Crippen LogP contribution in [-0.2, 0) is 27.7 Å². The van der Waals surface area contributed by atoms with Crippen molar-refractivity contribution in [3.05, 3.63) is 65.7 Å². The number of sulfonamides is 1. The Kier molecular flexibility index (Phi) is 5.74. The number of carbonyl (C=O) groups excluding carboxylic acids is 1. The molecule has 2 aromatic carbocycles. The van der Waals surface area contributed by atoms with E-state index < -0.39 is 10.0 Å². The fraction of sp³-hybridized carbons (Fsp3) is 0.350. The predicted molar refractivity (Wildman–Crippen MR) is 104 cm³/mol. The molecule has 0 saturated heterocycles. The molecule has 26 heavy (non-hydrogen) atoms. The number of para-hydroxylation sites is 1. The first kappa shape index (κ1) is 18.6. The summed E-state index contributed by atoms with van der Waals surface area (Å²) in [6.45, 7) is 0.802. The minimum absolute atomic E-state index is 0.125. The van der Waals surface area contributed by atoms with Gasteiger partial charge in [0.25, 0.3) is 0 Å². The Balaban J connectivity index is 1.72. The van der Waals surface area contributed by atoms with Crippen molar-refractivity contribution < 1.29 is 13.2 Å². The van der Waals surface area contributed by atoms with Crippen molar-refractivity contribution in [3.8, 4) is 0 Å². The molecule has 1 amide bonds. The molecule has 3 rings (SSSR count). The summed E-state index contributed by atoms with van der Waals surface area (Å²) in [6.07, 6.45) is 3.59. The van der Waals surface area contributed by atoms with Gasteiger partial charge in [0.15, 0.2) is 0 Å². The molecule has 0 bridgehead atoms. The SMILES string of the molecule is CS(=O)(=O)N(CCc1ccccc1)CC(=O)N1CCCc2ccccc21. The molecule has 0 spiro atoms. The molecule has 1 aliphatic heterocycles. The lowest BCUT2D eigenvalue weighted by atomic mass is 10.0. The van der Waals surface area contributed by atoms with E-state index in [0.717, 1.165) is 35.9 Å². The highest BCUT2D eigenvalue weighted by atomic mass is 32.2. The second-order valence-electron chi connectivity index (χ2n) is 6.61. The van der Waals surface area contributed by atoms with Crippen LogP contribution in [0.5, 0.6) is 0 Å². The van der Waals surface area contributed by atoms with Gasteiger partial charge in [-0.15, -0.1) is 0 Å². The topological polar surface area (TPSA) is 57.7 Å². The number of hydrogen-bond acceptors (Lipinski definition) is 3. The number of amides is 1. The van der Waals surface area contributed by atoms with Gasteiger partial charge in [-0.3, -0.25) is 4.79 Å². The third-order valence-corrected chi connectivity index (χ3v) is 5.93. The monoisotopic (exact) mass is 372 g/mol. The van der Waals surface area contributed by atoms with Crippen molar-refractivity contribution in [1.29, 1.82) is 0 Å². The zero-order chi connectivity index (χ0) is 18.6. The fourth-order valence-corrected chi connectivity index (χ4v) is 4.06. The van der Waals surface area contributed by atoms with E-state index in [1.165, 1.54) is 4.31 Å². The van der Waals surface area contributed by atoms with E-state index in [9.17, 15) is 13.2 Å². The molecule has 1 aliphatic rings. The van der Waals surface area contributed by atoms with Gasteiger partial charge < -0.3 is 4.90 Å². The molecule has 0 unspecified atom stereocenters. The maximum Gasteiger partial charge on any atom is 0.242 e. The van der Waals surface area contributed by atoms with E-state index in [1.807, 2.05) is 54.6 Å². The van der Waals surface area contributed by atoms with Crippen LogP contribution < -0.4 is 4.90 Å². The van der Waals surface area contributed by atoms with Gasteiger partial charge in [-0.25, -0.2) is 8.42 Å². The smallest absolute Gasteiger partial charge is 0.242 e. The molecule has 6 heteroatoms. The van der Waals surface area contributed by atoms with Gasteiger partial charge >= 0.3 is 0 Å². The third-order valence-electron chi connectivity index (χ3n) is 4.68. The van der Waals surface area contributed by atoms with E-state index in [1.54, 1.807) is 4.90 Å². The summed E-state index contributed by atoms with van der Waals surface area (Å²) in [4.78, 5) is 14.6. The number of benzene rings is 2. The van der Waals surface area contributed by atoms with Gasteiger partial charge in [0, 0.05) is 18.8 Å². The van der Waals surface area contributed by atoms with Gasteiger partial charge in [0.2, 0.25) is 15.9 Å². The Hall–Kier alpha value is -2.18. The van der Waals surface area contributed by atoms with Gasteiger partial charge in [0.1, 0.15) is 0 Å². The maximum absolute atomic E-state index is 12.8. The number of hydrogen-bond donors (Lipinski definition) is 0. The van der Waals surface area contributed by atoms with E-state index >= 15 is 0 Å². The first-order valence-corrected chi connectivity index (χ1v) is 10.7. The Morgan fingerprint density at radius 2 is 1.77 bits per heavy atom. The Labute approximate surface area is 155 Å². The summed E-state index contributed by atoms with van der Waals surface area (Å²) in [5.41, 5.74) is 3.10. The van der Waals surface area contributed by atoms with E-state index in [4.69, 9.17) is 0 Å². The van der Waals surface area contributed by atoms with E-state index in [-0.39, 0.29) is 12.5 Å². The van der Waals surface area contributed by atoms with Crippen LogP contribution in [0.4, 0.5) is 5.69 Å². The summed E-state index contributed by atoms with van der Waals surface area (Å²) in [6, 6.07) is 17.5. The number of anilines is 1. The van der Waals surface area contributed by atoms with Crippen LogP contribution in [-0.4, -0.2) is 44.5 Å². The third kappa shape index (κ3) is 4.51. The number of nitrogens with zero attached hydrogens (tertiary/aromatic N) is 2. The highest BCUT2D eigenvalue weighted by Gasteiger charge is 2.26. The molecular formula is C20H24N2O3S. The van der Waals surface area contributed by atoms with Crippen molar-refractivity contribution in [2.75, 3.05) is 30.8 Å². The second-order valence-corrected chi connectivity index (χ2v) is 8.59. The Morgan fingerprint density at radius 3 is 2.50 bits per heavy atom. The molecule has 0 atom stereocenters. The molecule has 5 nitrogen and oxygen atoms in total. The highest BCUT2D eigenvalue weighted by Crippen LogP contribution is 2.26. The lowest BCUT2D eigenvalue weighted by Crippen LogP contribution is -2.45. The average molecular weight is 372 g/mol. The molecule has 138 valence electrons. The van der Waals surface area contributed by atoms with Crippen LogP contribution >= 0.6 is 0 Å². The Bertz CT molecular complexity index is 866. The summed E-state index contributed by atoms with van der Waals surface area (Å²) >= 11 is 0. The van der Waals surface area contributed by atoms with Crippen LogP contribution in [0.3, 0.4) is 0 Å². The average Bonchev–Trinajstić information content (AvgIpc) is 2.64. The van der Waals surface area contributed by atoms with Crippen molar-refractivity contribution in [3.63, 3.8) is 0 Å². The lowest BCUT2D eigenvalue weighted by molar-refractivity contribution is -0.118. The van der Waals surface area contributed by atoms with Crippen molar-refractivity contribution >= 4 is 21.6 Å². The summed E-state index contributed by atoms with van der Waals surface area (Å²) < 4.78 is 25.6. The molecule has 2 aromatic rings. The summed E-state index contributed by atoms with van der Waals surface area (Å²) in [7, 11) is -3.46. The second kappa shape index (κ2) is 8.01. The quantitative estimate of drug-likeness (QED) is 0.783. The van der Waals surface area contributed by atoms with Gasteiger partial charge in [-0.2, -0.15) is 4.31 Å². The van der Waals surface area contributed by atoms with E-state index in [0.29, 0.717) is 19.5 Å². The van der Waals surface area contributed by atoms with Crippen LogP contribution in [0.1, 0.15) is 17.5 Å². The normalized spacial score (nSPS) is 14.3. The van der Waals surface area contributed by atoms with E-state index in [2.05, 4.69) is 0 Å². The minimum Gasteiger partial charge on any atom is -0.311 e. The van der Waals surface area contributed by atoms with Crippen LogP contribution in [0.15, 0.2) is 54.6 Å². The predicted octanol–water partition coefficient (Wildman–Crippen LogP) is 2.47. The molecule has 1 heterocycles. The molecule has 0 radical (unpaired) electrons. The molecule has 0 fully saturated rings. The highest BCUT2D eigenvalue weighted by molar-refractivity contribution is 7.88. The molecule has 0 aromatic heterocycles.